The predicted molar refractivity (Wildman–Crippen MR) is 175 cm³/mol. The number of para-hydroxylation sites is 1. The second-order valence-electron chi connectivity index (χ2n) is 10.2. The zero-order valence-electron chi connectivity index (χ0n) is 24.4. The molecule has 7 nitrogen and oxygen atoms in total. The number of hydrogen-bond acceptors (Lipinski definition) is 7. The zero-order chi connectivity index (χ0) is 31.5. The van der Waals surface area contributed by atoms with Gasteiger partial charge >= 0.3 is 5.97 Å². The molecule has 0 aliphatic carbocycles. The average Bonchev–Trinajstić information content (AvgIpc) is 3.26. The minimum atomic E-state index is -0.789. The van der Waals surface area contributed by atoms with E-state index in [0.717, 1.165) is 11.1 Å². The van der Waals surface area contributed by atoms with Gasteiger partial charge in [0.2, 0.25) is 0 Å². The van der Waals surface area contributed by atoms with E-state index in [0.29, 0.717) is 46.6 Å². The first-order chi connectivity index (χ1) is 21.1. The van der Waals surface area contributed by atoms with Crippen LogP contribution < -0.4 is 24.4 Å². The summed E-state index contributed by atoms with van der Waals surface area (Å²) >= 11 is 8.40. The standard InChI is InChI=1S/C33H29Br2FN2O5S/c1-5-41-32(40)28-19(4)37-33-38(29(28)23-8-6-7-9-26(23)43-18(2)3)31(39)27(44-33)16-21-14-24(34)30(25(35)15-21)42-17-20-10-12-22(36)13-11-20/h6-16,18,29H,5,17H2,1-4H3/b27-16+/t29-/m1/s1. The van der Waals surface area contributed by atoms with E-state index < -0.39 is 12.0 Å². The number of nitrogens with zero attached hydrogens (tertiary/aromatic N) is 2. The van der Waals surface area contributed by atoms with Gasteiger partial charge in [0.25, 0.3) is 5.56 Å². The van der Waals surface area contributed by atoms with Crippen molar-refractivity contribution in [1.29, 1.82) is 0 Å². The highest BCUT2D eigenvalue weighted by molar-refractivity contribution is 9.11. The second-order valence-corrected chi connectivity index (χ2v) is 13.0. The van der Waals surface area contributed by atoms with E-state index in [1.807, 2.05) is 50.2 Å². The Kier molecular flexibility index (Phi) is 9.87. The molecular weight excluding hydrogens is 715 g/mol. The maximum absolute atomic E-state index is 14.1. The third-order valence-electron chi connectivity index (χ3n) is 6.71. The van der Waals surface area contributed by atoms with E-state index in [1.54, 1.807) is 36.6 Å². The molecule has 1 aliphatic heterocycles. The highest BCUT2D eigenvalue weighted by Gasteiger charge is 2.35. The van der Waals surface area contributed by atoms with Gasteiger partial charge in [0.1, 0.15) is 30.0 Å². The average molecular weight is 744 g/mol. The number of ether oxygens (including phenoxy) is 3. The van der Waals surface area contributed by atoms with Crippen LogP contribution >= 0.6 is 43.2 Å². The van der Waals surface area contributed by atoms with Crippen LogP contribution in [0.3, 0.4) is 0 Å². The van der Waals surface area contributed by atoms with E-state index in [-0.39, 0.29) is 30.7 Å². The highest BCUT2D eigenvalue weighted by Crippen LogP contribution is 2.37. The number of thiazole rings is 1. The minimum Gasteiger partial charge on any atom is -0.491 e. The lowest BCUT2D eigenvalue weighted by atomic mass is 9.95. The summed E-state index contributed by atoms with van der Waals surface area (Å²) in [4.78, 5) is 32.5. The lowest BCUT2D eigenvalue weighted by Gasteiger charge is -2.26. The largest absolute Gasteiger partial charge is 0.491 e. The Morgan fingerprint density at radius 3 is 2.45 bits per heavy atom. The summed E-state index contributed by atoms with van der Waals surface area (Å²) in [5.41, 5.74) is 2.70. The van der Waals surface area contributed by atoms with Crippen LogP contribution in [-0.4, -0.2) is 23.2 Å². The molecule has 0 N–H and O–H groups in total. The van der Waals surface area contributed by atoms with Gasteiger partial charge in [-0.25, -0.2) is 14.2 Å². The summed E-state index contributed by atoms with van der Waals surface area (Å²) in [6.07, 6.45) is 1.66. The predicted octanol–water partition coefficient (Wildman–Crippen LogP) is 6.83. The van der Waals surface area contributed by atoms with Crippen LogP contribution in [-0.2, 0) is 16.1 Å². The van der Waals surface area contributed by atoms with E-state index in [4.69, 9.17) is 14.2 Å². The van der Waals surface area contributed by atoms with Crippen molar-refractivity contribution < 1.29 is 23.4 Å². The molecule has 0 fully saturated rings. The number of benzene rings is 3. The number of hydrogen-bond donors (Lipinski definition) is 0. The maximum Gasteiger partial charge on any atom is 0.338 e. The lowest BCUT2D eigenvalue weighted by Crippen LogP contribution is -2.40. The van der Waals surface area contributed by atoms with Gasteiger partial charge in [-0.1, -0.05) is 41.7 Å². The summed E-state index contributed by atoms with van der Waals surface area (Å²) in [6, 6.07) is 16.4. The third kappa shape index (κ3) is 6.74. The number of esters is 1. The Labute approximate surface area is 274 Å². The molecule has 0 radical (unpaired) electrons. The van der Waals surface area contributed by atoms with Crippen LogP contribution in [0.15, 0.2) is 90.7 Å². The van der Waals surface area contributed by atoms with Crippen LogP contribution in [0.25, 0.3) is 6.08 Å². The molecular formula is C33H29Br2FN2O5S. The van der Waals surface area contributed by atoms with Crippen molar-refractivity contribution in [2.24, 2.45) is 4.99 Å². The van der Waals surface area contributed by atoms with Gasteiger partial charge in [0, 0.05) is 5.56 Å². The number of halogens is 3. The number of carbonyl (C=O) groups excluding carboxylic acids is 1. The molecule has 44 heavy (non-hydrogen) atoms. The second kappa shape index (κ2) is 13.6. The van der Waals surface area contributed by atoms with Gasteiger partial charge in [-0.3, -0.25) is 9.36 Å². The Morgan fingerprint density at radius 2 is 1.80 bits per heavy atom. The molecule has 0 spiro atoms. The molecule has 0 saturated heterocycles. The molecule has 228 valence electrons. The molecule has 0 saturated carbocycles. The first-order valence-electron chi connectivity index (χ1n) is 13.9. The van der Waals surface area contributed by atoms with Crippen molar-refractivity contribution in [2.45, 2.75) is 46.4 Å². The first kappa shape index (κ1) is 31.9. The Bertz CT molecular complexity index is 1910. The van der Waals surface area contributed by atoms with Crippen LogP contribution in [0.4, 0.5) is 4.39 Å². The van der Waals surface area contributed by atoms with Crippen molar-refractivity contribution in [2.75, 3.05) is 6.61 Å². The van der Waals surface area contributed by atoms with Crippen molar-refractivity contribution in [3.8, 4) is 11.5 Å². The maximum atomic E-state index is 14.1. The molecule has 0 amide bonds. The quantitative estimate of drug-likeness (QED) is 0.176. The Hall–Kier alpha value is -3.54. The molecule has 1 aliphatic rings. The summed E-state index contributed by atoms with van der Waals surface area (Å²) in [7, 11) is 0. The first-order valence-corrected chi connectivity index (χ1v) is 16.3. The summed E-state index contributed by atoms with van der Waals surface area (Å²) in [6.45, 7) is 7.77. The smallest absolute Gasteiger partial charge is 0.338 e. The lowest BCUT2D eigenvalue weighted by molar-refractivity contribution is -0.139. The number of carbonyl (C=O) groups is 1. The van der Waals surface area contributed by atoms with Crippen LogP contribution in [0, 0.1) is 5.82 Å². The summed E-state index contributed by atoms with van der Waals surface area (Å²) < 4.78 is 34.1. The zero-order valence-corrected chi connectivity index (χ0v) is 28.4. The van der Waals surface area contributed by atoms with Gasteiger partial charge in [-0.15, -0.1) is 0 Å². The molecule has 0 unspecified atom stereocenters. The van der Waals surface area contributed by atoms with Gasteiger partial charge < -0.3 is 14.2 Å². The molecule has 1 aromatic heterocycles. The summed E-state index contributed by atoms with van der Waals surface area (Å²) in [5, 5.41) is 0. The van der Waals surface area contributed by atoms with Gasteiger partial charge in [-0.2, -0.15) is 0 Å². The Balaban J connectivity index is 1.58. The fourth-order valence-electron chi connectivity index (χ4n) is 4.84. The highest BCUT2D eigenvalue weighted by atomic mass is 79.9. The minimum absolute atomic E-state index is 0.123. The van der Waals surface area contributed by atoms with Crippen molar-refractivity contribution in [1.82, 2.24) is 4.57 Å². The van der Waals surface area contributed by atoms with Crippen LogP contribution in [0.1, 0.15) is 50.4 Å². The number of rotatable bonds is 9. The third-order valence-corrected chi connectivity index (χ3v) is 8.87. The molecule has 0 bridgehead atoms. The van der Waals surface area contributed by atoms with Crippen molar-refractivity contribution in [3.05, 3.63) is 123 Å². The SMILES string of the molecule is CCOC(=O)C1=C(C)N=c2s/c(=C/c3cc(Br)c(OCc4ccc(F)cc4)c(Br)c3)c(=O)n2[C@@H]1c1ccccc1OC(C)C. The normalized spacial score (nSPS) is 14.8. The monoisotopic (exact) mass is 742 g/mol. The van der Waals surface area contributed by atoms with Crippen molar-refractivity contribution >= 4 is 55.2 Å². The number of fused-ring (bicyclic) bond motifs is 1. The number of aromatic nitrogens is 1. The molecule has 11 heteroatoms. The van der Waals surface area contributed by atoms with E-state index in [9.17, 15) is 14.0 Å². The van der Waals surface area contributed by atoms with Crippen molar-refractivity contribution in [3.63, 3.8) is 0 Å². The molecule has 4 aromatic rings. The topological polar surface area (TPSA) is 79.1 Å². The van der Waals surface area contributed by atoms with Gasteiger partial charge in [-0.05, 0) is 107 Å². The molecule has 3 aromatic carbocycles. The fraction of sp³-hybridized carbons (Fsp3) is 0.242. The molecule has 2 heterocycles. The molecule has 1 atom stereocenters. The Morgan fingerprint density at radius 1 is 1.11 bits per heavy atom. The van der Waals surface area contributed by atoms with E-state index >= 15 is 0 Å². The fourth-order valence-corrected chi connectivity index (χ4v) is 7.34. The van der Waals surface area contributed by atoms with Gasteiger partial charge in [0.15, 0.2) is 4.80 Å². The van der Waals surface area contributed by atoms with Crippen LogP contribution in [0.5, 0.6) is 11.5 Å². The van der Waals surface area contributed by atoms with E-state index in [1.165, 1.54) is 23.5 Å². The van der Waals surface area contributed by atoms with Crippen LogP contribution in [0.2, 0.25) is 0 Å². The number of allylic oxidation sites excluding steroid dienone is 1. The van der Waals surface area contributed by atoms with E-state index in [2.05, 4.69) is 36.9 Å². The van der Waals surface area contributed by atoms with Gasteiger partial charge in [0.05, 0.1) is 37.5 Å². The summed E-state index contributed by atoms with van der Waals surface area (Å²) in [5.74, 6) is 0.306. The molecule has 5 rings (SSSR count).